The molecule has 1 saturated carbocycles. The number of hydrogen-bond donors (Lipinski definition) is 0. The van der Waals surface area contributed by atoms with Crippen LogP contribution >= 0.6 is 0 Å². The van der Waals surface area contributed by atoms with Crippen LogP contribution in [-0.2, 0) is 0 Å². The first-order valence-electron chi connectivity index (χ1n) is 7.08. The molecule has 17 heavy (non-hydrogen) atoms. The van der Waals surface area contributed by atoms with E-state index in [-0.39, 0.29) is 11.0 Å². The van der Waals surface area contributed by atoms with E-state index in [2.05, 4.69) is 45.6 Å². The smallest absolute Gasteiger partial charge is 0.112 e. The molecule has 2 unspecified atom stereocenters. The van der Waals surface area contributed by atoms with Crippen LogP contribution in [0.4, 0.5) is 0 Å². The highest BCUT2D eigenvalue weighted by Gasteiger charge is 2.49. The van der Waals surface area contributed by atoms with Gasteiger partial charge in [0, 0.05) is 0 Å². The molecule has 2 nitrogen and oxygen atoms in total. The zero-order valence-corrected chi connectivity index (χ0v) is 12.2. The molecule has 1 fully saturated rings. The van der Waals surface area contributed by atoms with Crippen molar-refractivity contribution < 1.29 is 0 Å². The Morgan fingerprint density at radius 3 is 2.24 bits per heavy atom. The van der Waals surface area contributed by atoms with Gasteiger partial charge in [-0.2, -0.15) is 5.26 Å². The molecule has 0 aromatic carbocycles. The summed E-state index contributed by atoms with van der Waals surface area (Å²) in [5.74, 6) is 0.494. The van der Waals surface area contributed by atoms with E-state index in [4.69, 9.17) is 0 Å². The predicted molar refractivity (Wildman–Crippen MR) is 72.7 cm³/mol. The van der Waals surface area contributed by atoms with E-state index >= 15 is 0 Å². The van der Waals surface area contributed by atoms with Gasteiger partial charge < -0.3 is 0 Å². The molecule has 0 spiro atoms. The van der Waals surface area contributed by atoms with Gasteiger partial charge in [0.15, 0.2) is 0 Å². The molecule has 0 aromatic heterocycles. The Hall–Kier alpha value is -0.550. The van der Waals surface area contributed by atoms with Gasteiger partial charge in [0.05, 0.1) is 6.07 Å². The Kier molecular flexibility index (Phi) is 4.61. The van der Waals surface area contributed by atoms with E-state index in [0.29, 0.717) is 5.92 Å². The van der Waals surface area contributed by atoms with Gasteiger partial charge in [-0.15, -0.1) is 0 Å². The fraction of sp³-hybridized carbons (Fsp3) is 0.933. The van der Waals surface area contributed by atoms with Crippen molar-refractivity contribution in [2.75, 3.05) is 13.1 Å². The van der Waals surface area contributed by atoms with E-state index in [1.165, 1.54) is 19.3 Å². The molecule has 0 aromatic rings. The second-order valence-electron chi connectivity index (χ2n) is 6.37. The first-order valence-corrected chi connectivity index (χ1v) is 7.08. The van der Waals surface area contributed by atoms with Crippen LogP contribution in [0.3, 0.4) is 0 Å². The molecular formula is C15H28N2. The van der Waals surface area contributed by atoms with Gasteiger partial charge >= 0.3 is 0 Å². The second-order valence-corrected chi connectivity index (χ2v) is 6.37. The molecule has 0 heterocycles. The number of nitrogens with zero attached hydrogens (tertiary/aromatic N) is 2. The summed E-state index contributed by atoms with van der Waals surface area (Å²) in [6, 6.07) is 2.70. The highest BCUT2D eigenvalue weighted by Crippen LogP contribution is 2.47. The van der Waals surface area contributed by atoms with E-state index in [9.17, 15) is 5.26 Å². The molecule has 0 N–H and O–H groups in total. The van der Waals surface area contributed by atoms with Crippen LogP contribution in [-0.4, -0.2) is 23.5 Å². The van der Waals surface area contributed by atoms with Crippen molar-refractivity contribution in [1.82, 2.24) is 4.90 Å². The topological polar surface area (TPSA) is 27.0 Å². The number of rotatable bonds is 3. The Morgan fingerprint density at radius 2 is 1.82 bits per heavy atom. The normalized spacial score (nSPS) is 30.3. The van der Waals surface area contributed by atoms with Crippen LogP contribution in [0.1, 0.15) is 60.3 Å². The van der Waals surface area contributed by atoms with E-state index < -0.39 is 0 Å². The Bertz CT molecular complexity index is 280. The maximum absolute atomic E-state index is 9.82. The van der Waals surface area contributed by atoms with E-state index in [1.54, 1.807) is 0 Å². The Morgan fingerprint density at radius 1 is 1.24 bits per heavy atom. The van der Waals surface area contributed by atoms with Gasteiger partial charge in [0.2, 0.25) is 0 Å². The molecular weight excluding hydrogens is 208 g/mol. The Balaban J connectivity index is 3.12. The lowest BCUT2D eigenvalue weighted by molar-refractivity contribution is -0.00275. The summed E-state index contributed by atoms with van der Waals surface area (Å²) in [5.41, 5.74) is -0.00125. The van der Waals surface area contributed by atoms with Crippen molar-refractivity contribution in [3.05, 3.63) is 0 Å². The van der Waals surface area contributed by atoms with Crippen molar-refractivity contribution in [3.63, 3.8) is 0 Å². The minimum Gasteiger partial charge on any atom is -0.286 e. The summed E-state index contributed by atoms with van der Waals surface area (Å²) >= 11 is 0. The zero-order chi connectivity index (χ0) is 13.1. The fourth-order valence-electron chi connectivity index (χ4n) is 3.68. The zero-order valence-electron chi connectivity index (χ0n) is 12.2. The first-order chi connectivity index (χ1) is 7.92. The minimum atomic E-state index is -0.222. The van der Waals surface area contributed by atoms with Gasteiger partial charge in [-0.05, 0) is 37.3 Å². The van der Waals surface area contributed by atoms with E-state index in [1.807, 2.05) is 0 Å². The summed E-state index contributed by atoms with van der Waals surface area (Å²) in [7, 11) is 0. The molecule has 2 atom stereocenters. The van der Waals surface area contributed by atoms with E-state index in [0.717, 1.165) is 19.5 Å². The molecule has 0 saturated heterocycles. The molecule has 98 valence electrons. The third-order valence-electron chi connectivity index (χ3n) is 4.44. The summed E-state index contributed by atoms with van der Waals surface area (Å²) < 4.78 is 0. The molecule has 1 aliphatic rings. The van der Waals surface area contributed by atoms with Crippen molar-refractivity contribution in [2.24, 2.45) is 11.3 Å². The van der Waals surface area contributed by atoms with Crippen LogP contribution in [0.5, 0.6) is 0 Å². The minimum absolute atomic E-state index is 0.221. The lowest BCUT2D eigenvalue weighted by Gasteiger charge is -2.51. The fourth-order valence-corrected chi connectivity index (χ4v) is 3.68. The third kappa shape index (κ3) is 2.65. The summed E-state index contributed by atoms with van der Waals surface area (Å²) in [6.07, 6.45) is 4.74. The SMILES string of the molecule is CCN(CC)C1(C#N)CCCCC1C(C)(C)C. The molecule has 0 radical (unpaired) electrons. The van der Waals surface area contributed by atoms with Gasteiger partial charge in [0.1, 0.15) is 5.54 Å². The first kappa shape index (κ1) is 14.5. The van der Waals surface area contributed by atoms with Crippen LogP contribution in [0.15, 0.2) is 0 Å². The van der Waals surface area contributed by atoms with Gasteiger partial charge in [-0.25, -0.2) is 0 Å². The van der Waals surface area contributed by atoms with Crippen molar-refractivity contribution in [1.29, 1.82) is 5.26 Å². The van der Waals surface area contributed by atoms with Crippen LogP contribution in [0.25, 0.3) is 0 Å². The largest absolute Gasteiger partial charge is 0.286 e. The van der Waals surface area contributed by atoms with Gasteiger partial charge in [-0.3, -0.25) is 4.90 Å². The maximum atomic E-state index is 9.82. The summed E-state index contributed by atoms with van der Waals surface area (Å²) in [5, 5.41) is 9.82. The number of hydrogen-bond acceptors (Lipinski definition) is 2. The standard InChI is InChI=1S/C15H28N2/c1-6-17(7-2)15(12-16)11-9-8-10-13(15)14(3,4)5/h13H,6-11H2,1-5H3. The second kappa shape index (κ2) is 5.40. The number of nitriles is 1. The lowest BCUT2D eigenvalue weighted by atomic mass is 9.62. The van der Waals surface area contributed by atoms with Crippen molar-refractivity contribution >= 4 is 0 Å². The molecule has 0 bridgehead atoms. The van der Waals surface area contributed by atoms with Gasteiger partial charge in [0.25, 0.3) is 0 Å². The average molecular weight is 236 g/mol. The van der Waals surface area contributed by atoms with Crippen LogP contribution in [0.2, 0.25) is 0 Å². The van der Waals surface area contributed by atoms with Crippen molar-refractivity contribution in [2.45, 2.75) is 65.8 Å². The summed E-state index contributed by atoms with van der Waals surface area (Å²) in [4.78, 5) is 2.39. The molecule has 1 rings (SSSR count). The van der Waals surface area contributed by atoms with Gasteiger partial charge in [-0.1, -0.05) is 47.5 Å². The Labute approximate surface area is 107 Å². The van der Waals surface area contributed by atoms with Crippen molar-refractivity contribution in [3.8, 4) is 6.07 Å². The average Bonchev–Trinajstić information content (AvgIpc) is 2.29. The monoisotopic (exact) mass is 236 g/mol. The highest BCUT2D eigenvalue weighted by molar-refractivity contribution is 5.15. The lowest BCUT2D eigenvalue weighted by Crippen LogP contribution is -2.57. The molecule has 2 heteroatoms. The maximum Gasteiger partial charge on any atom is 0.112 e. The highest BCUT2D eigenvalue weighted by atomic mass is 15.2. The quantitative estimate of drug-likeness (QED) is 0.744. The summed E-state index contributed by atoms with van der Waals surface area (Å²) in [6.45, 7) is 13.2. The molecule has 1 aliphatic carbocycles. The molecule has 0 amide bonds. The molecule has 0 aliphatic heterocycles. The predicted octanol–water partition coefficient (Wildman–Crippen LogP) is 3.83. The van der Waals surface area contributed by atoms with Crippen LogP contribution < -0.4 is 0 Å². The van der Waals surface area contributed by atoms with Crippen LogP contribution in [0, 0.1) is 22.7 Å². The third-order valence-corrected chi connectivity index (χ3v) is 4.44.